The lowest BCUT2D eigenvalue weighted by Crippen LogP contribution is -2.38. The van der Waals surface area contributed by atoms with Crippen LogP contribution in [0, 0.1) is 0 Å². The van der Waals surface area contributed by atoms with E-state index in [1.165, 1.54) is 31.0 Å². The van der Waals surface area contributed by atoms with E-state index >= 15 is 0 Å². The zero-order chi connectivity index (χ0) is 17.2. The summed E-state index contributed by atoms with van der Waals surface area (Å²) in [6.07, 6.45) is -1.31. The van der Waals surface area contributed by atoms with E-state index in [-0.39, 0.29) is 12.4 Å². The van der Waals surface area contributed by atoms with Gasteiger partial charge in [-0.25, -0.2) is 4.79 Å². The average molecular weight is 349 g/mol. The summed E-state index contributed by atoms with van der Waals surface area (Å²) < 4.78 is 33.9. The molecule has 10 nitrogen and oxygen atoms in total. The molecule has 1 aliphatic rings. The predicted molar refractivity (Wildman–Crippen MR) is 80.1 cm³/mol. The number of aromatic nitrogens is 2. The van der Waals surface area contributed by atoms with Crippen molar-refractivity contribution in [3.63, 3.8) is 0 Å². The van der Waals surface area contributed by atoms with Crippen molar-refractivity contribution < 1.29 is 28.2 Å². The second kappa shape index (κ2) is 7.08. The molecule has 5 atom stereocenters. The Kier molecular flexibility index (Phi) is 5.56. The average Bonchev–Trinajstić information content (AvgIpc) is 2.81. The maximum absolute atomic E-state index is 12.0. The van der Waals surface area contributed by atoms with Crippen LogP contribution >= 0.6 is 7.60 Å². The highest BCUT2D eigenvalue weighted by Gasteiger charge is 2.47. The van der Waals surface area contributed by atoms with Crippen molar-refractivity contribution in [3.8, 4) is 0 Å². The monoisotopic (exact) mass is 349 g/mol. The van der Waals surface area contributed by atoms with Crippen molar-refractivity contribution >= 4 is 13.4 Å². The molecule has 0 radical (unpaired) electrons. The topological polar surface area (TPSA) is 135 Å². The van der Waals surface area contributed by atoms with Crippen LogP contribution in [-0.4, -0.2) is 60.2 Å². The number of nitrogens with zero attached hydrogens (tertiary/aromatic N) is 2. The fraction of sp³-hybridized carbons (Fsp3) is 0.667. The zero-order valence-electron chi connectivity index (χ0n) is 13.0. The van der Waals surface area contributed by atoms with Crippen LogP contribution in [0.2, 0.25) is 0 Å². The van der Waals surface area contributed by atoms with Gasteiger partial charge in [-0.1, -0.05) is 0 Å². The molecule has 2 heterocycles. The van der Waals surface area contributed by atoms with E-state index in [1.54, 1.807) is 0 Å². The van der Waals surface area contributed by atoms with E-state index in [9.17, 15) is 14.3 Å². The highest BCUT2D eigenvalue weighted by molar-refractivity contribution is 7.51. The molecule has 130 valence electrons. The Bertz CT molecular complexity index is 646. The highest BCUT2D eigenvalue weighted by Crippen LogP contribution is 2.39. The van der Waals surface area contributed by atoms with Gasteiger partial charge in [-0.05, 0) is 6.07 Å². The minimum Gasteiger partial charge on any atom is -0.383 e. The molecule has 0 amide bonds. The number of methoxy groups -OCH3 is 2. The first kappa shape index (κ1) is 18.1. The first-order valence-corrected chi connectivity index (χ1v) is 8.80. The van der Waals surface area contributed by atoms with Gasteiger partial charge in [-0.15, -0.1) is 0 Å². The van der Waals surface area contributed by atoms with Crippen LogP contribution in [0.5, 0.6) is 0 Å². The largest absolute Gasteiger partial charge is 0.383 e. The molecule has 1 aromatic heterocycles. The number of anilines is 1. The van der Waals surface area contributed by atoms with Gasteiger partial charge in [0, 0.05) is 27.1 Å². The van der Waals surface area contributed by atoms with E-state index < -0.39 is 37.8 Å². The summed E-state index contributed by atoms with van der Waals surface area (Å²) >= 11 is 0. The second-order valence-corrected chi connectivity index (χ2v) is 6.97. The van der Waals surface area contributed by atoms with Crippen LogP contribution in [0.25, 0.3) is 0 Å². The Labute approximate surface area is 132 Å². The molecule has 0 bridgehead atoms. The number of hydrogen-bond acceptors (Lipinski definition) is 8. The fourth-order valence-corrected chi connectivity index (χ4v) is 2.86. The quantitative estimate of drug-likeness (QED) is 0.657. The molecule has 0 saturated carbocycles. The van der Waals surface area contributed by atoms with Crippen molar-refractivity contribution in [1.29, 1.82) is 0 Å². The van der Waals surface area contributed by atoms with E-state index in [4.69, 9.17) is 24.5 Å². The van der Waals surface area contributed by atoms with Crippen LogP contribution in [-0.2, 0) is 23.3 Å². The van der Waals surface area contributed by atoms with Gasteiger partial charge in [0.25, 0.3) is 0 Å². The van der Waals surface area contributed by atoms with Crippen LogP contribution < -0.4 is 11.4 Å². The number of nitrogens with two attached hydrogens (primary N) is 1. The van der Waals surface area contributed by atoms with Crippen molar-refractivity contribution in [2.45, 2.75) is 24.5 Å². The Balaban J connectivity index is 2.26. The lowest BCUT2D eigenvalue weighted by Gasteiger charge is -2.22. The second-order valence-electron chi connectivity index (χ2n) is 5.11. The minimum atomic E-state index is -3.66. The molecule has 23 heavy (non-hydrogen) atoms. The standard InChI is InChI=1S/C12H20N3O7P/c1-19-9-7(6-21-23(3,17)18)22-11(10(9)20-2)15-5-4-8(13)14-12(15)16/h4-5,7,9-11H,6H2,1-3H3,(H,17,18)(H2,13,14,16)/t7-,9-,10-,11-/m1/s1. The minimum absolute atomic E-state index is 0.0913. The van der Waals surface area contributed by atoms with Gasteiger partial charge in [-0.3, -0.25) is 9.13 Å². The molecule has 0 spiro atoms. The van der Waals surface area contributed by atoms with Gasteiger partial charge >= 0.3 is 13.3 Å². The predicted octanol–water partition coefficient (Wildman–Crippen LogP) is -0.415. The summed E-state index contributed by atoms with van der Waals surface area (Å²) in [5, 5.41) is 0. The molecule has 0 aliphatic carbocycles. The molecular formula is C12H20N3O7P. The van der Waals surface area contributed by atoms with Gasteiger partial charge in [0.05, 0.1) is 6.61 Å². The summed E-state index contributed by atoms with van der Waals surface area (Å²) in [4.78, 5) is 24.9. The van der Waals surface area contributed by atoms with Gasteiger partial charge in [-0.2, -0.15) is 4.98 Å². The molecular weight excluding hydrogens is 329 g/mol. The van der Waals surface area contributed by atoms with E-state index in [1.807, 2.05) is 0 Å². The first-order valence-electron chi connectivity index (χ1n) is 6.77. The number of rotatable bonds is 6. The molecule has 3 N–H and O–H groups in total. The van der Waals surface area contributed by atoms with Crippen molar-refractivity contribution in [3.05, 3.63) is 22.7 Å². The Hall–Kier alpha value is -1.29. The molecule has 1 aliphatic heterocycles. The van der Waals surface area contributed by atoms with Crippen LogP contribution in [0.4, 0.5) is 5.82 Å². The number of hydrogen-bond donors (Lipinski definition) is 2. The maximum atomic E-state index is 12.0. The van der Waals surface area contributed by atoms with E-state index in [0.29, 0.717) is 0 Å². The molecule has 1 saturated heterocycles. The highest BCUT2D eigenvalue weighted by atomic mass is 31.2. The van der Waals surface area contributed by atoms with Gasteiger partial charge in [0.1, 0.15) is 24.1 Å². The normalized spacial score (nSPS) is 30.3. The number of ether oxygens (including phenoxy) is 3. The maximum Gasteiger partial charge on any atom is 0.351 e. The van der Waals surface area contributed by atoms with Crippen molar-refractivity contribution in [1.82, 2.24) is 9.55 Å². The third kappa shape index (κ3) is 4.17. The zero-order valence-corrected chi connectivity index (χ0v) is 13.9. The fourth-order valence-electron chi connectivity index (χ4n) is 2.43. The molecule has 1 unspecified atom stereocenters. The van der Waals surface area contributed by atoms with Crippen molar-refractivity contribution in [2.75, 3.05) is 33.2 Å². The number of nitrogen functional groups attached to an aromatic ring is 1. The van der Waals surface area contributed by atoms with Gasteiger partial charge in [0.2, 0.25) is 0 Å². The molecule has 2 rings (SSSR count). The molecule has 1 fully saturated rings. The van der Waals surface area contributed by atoms with Crippen LogP contribution in [0.3, 0.4) is 0 Å². The van der Waals surface area contributed by atoms with Crippen molar-refractivity contribution in [2.24, 2.45) is 0 Å². The Morgan fingerprint density at radius 2 is 2.09 bits per heavy atom. The first-order chi connectivity index (χ1) is 10.8. The van der Waals surface area contributed by atoms with Crippen LogP contribution in [0.15, 0.2) is 17.1 Å². The lowest BCUT2D eigenvalue weighted by atomic mass is 10.1. The molecule has 11 heteroatoms. The summed E-state index contributed by atoms with van der Waals surface area (Å²) in [5.74, 6) is 0.0913. The van der Waals surface area contributed by atoms with Crippen LogP contribution in [0.1, 0.15) is 6.23 Å². The summed E-state index contributed by atoms with van der Waals surface area (Å²) in [7, 11) is -0.769. The Morgan fingerprint density at radius 3 is 2.61 bits per heavy atom. The lowest BCUT2D eigenvalue weighted by molar-refractivity contribution is -0.0607. The summed E-state index contributed by atoms with van der Waals surface area (Å²) in [6.45, 7) is 0.889. The SMILES string of the molecule is CO[C@@H]1[C@H](OC)[C@@H](COP(C)(=O)O)O[C@H]1n1ccc(N)nc1=O. The van der Waals surface area contributed by atoms with Gasteiger partial charge < -0.3 is 29.4 Å². The smallest absolute Gasteiger partial charge is 0.351 e. The third-order valence-corrected chi connectivity index (χ3v) is 4.06. The third-order valence-electron chi connectivity index (χ3n) is 3.43. The summed E-state index contributed by atoms with van der Waals surface area (Å²) in [5.41, 5.74) is 4.87. The Morgan fingerprint density at radius 1 is 1.43 bits per heavy atom. The summed E-state index contributed by atoms with van der Waals surface area (Å²) in [6, 6.07) is 1.46. The molecule has 1 aromatic rings. The molecule has 0 aromatic carbocycles. The van der Waals surface area contributed by atoms with E-state index in [2.05, 4.69) is 4.98 Å². The van der Waals surface area contributed by atoms with Gasteiger partial charge in [0.15, 0.2) is 6.23 Å². The van der Waals surface area contributed by atoms with E-state index in [0.717, 1.165) is 6.66 Å².